The van der Waals surface area contributed by atoms with Gasteiger partial charge < -0.3 is 5.73 Å². The molecule has 74 valence electrons. The van der Waals surface area contributed by atoms with E-state index in [0.717, 1.165) is 24.0 Å². The maximum atomic E-state index is 5.43. The summed E-state index contributed by atoms with van der Waals surface area (Å²) in [5, 5.41) is 8.70. The third kappa shape index (κ3) is 1.75. The lowest BCUT2D eigenvalue weighted by molar-refractivity contribution is 0.523. The van der Waals surface area contributed by atoms with Gasteiger partial charge in [-0.1, -0.05) is 6.07 Å². The smallest absolute Gasteiger partial charge is 0.113 e. The van der Waals surface area contributed by atoms with Gasteiger partial charge in [0.25, 0.3) is 0 Å². The minimum absolute atomic E-state index is 0.677. The molecule has 1 aromatic heterocycles. The molecular weight excluding hydrogens is 176 g/mol. The lowest BCUT2D eigenvalue weighted by Gasteiger charge is -1.94. The first-order valence-electron chi connectivity index (χ1n) is 4.81. The summed E-state index contributed by atoms with van der Waals surface area (Å²) < 4.78 is 0. The Bertz CT molecular complexity index is 433. The third-order valence-corrected chi connectivity index (χ3v) is 2.14. The normalized spacial score (nSPS) is 11.0. The average molecular weight is 190 g/mol. The highest BCUT2D eigenvalue weighted by Gasteiger charge is 2.01. The molecule has 0 saturated carbocycles. The minimum atomic E-state index is 0.677. The Kier molecular flexibility index (Phi) is 2.45. The molecule has 1 aromatic carbocycles. The lowest BCUT2D eigenvalue weighted by Crippen LogP contribution is -2.07. The van der Waals surface area contributed by atoms with E-state index in [1.807, 2.05) is 18.2 Å². The van der Waals surface area contributed by atoms with Crippen molar-refractivity contribution in [3.05, 3.63) is 23.8 Å². The number of aryl methyl sites for hydroxylation is 2. The number of nitrogens with two attached hydrogens (primary N) is 1. The molecule has 0 aliphatic carbocycles. The molecule has 0 fully saturated rings. The van der Waals surface area contributed by atoms with Crippen LogP contribution >= 0.6 is 0 Å². The van der Waals surface area contributed by atoms with Gasteiger partial charge >= 0.3 is 0 Å². The summed E-state index contributed by atoms with van der Waals surface area (Å²) >= 11 is 0. The minimum Gasteiger partial charge on any atom is -0.330 e. The summed E-state index contributed by atoms with van der Waals surface area (Å²) in [6.07, 6.45) is 0.917. The summed E-state index contributed by atoms with van der Waals surface area (Å²) in [6.45, 7) is 3.53. The van der Waals surface area contributed by atoms with Crippen LogP contribution in [-0.2, 0) is 6.54 Å². The zero-order valence-corrected chi connectivity index (χ0v) is 8.27. The highest BCUT2D eigenvalue weighted by atomic mass is 15.5. The zero-order valence-electron chi connectivity index (χ0n) is 8.27. The number of hydrogen-bond acceptors (Lipinski definition) is 3. The first kappa shape index (κ1) is 9.15. The van der Waals surface area contributed by atoms with Crippen molar-refractivity contribution < 1.29 is 0 Å². The fourth-order valence-corrected chi connectivity index (χ4v) is 1.40. The summed E-state index contributed by atoms with van der Waals surface area (Å²) in [7, 11) is 0. The van der Waals surface area contributed by atoms with Gasteiger partial charge in [0.15, 0.2) is 0 Å². The van der Waals surface area contributed by atoms with Crippen molar-refractivity contribution in [2.45, 2.75) is 19.9 Å². The molecule has 0 radical (unpaired) electrons. The van der Waals surface area contributed by atoms with Gasteiger partial charge in [-0.25, -0.2) is 0 Å². The van der Waals surface area contributed by atoms with Crippen LogP contribution in [0.15, 0.2) is 18.2 Å². The molecule has 4 heteroatoms. The molecule has 2 rings (SSSR count). The molecule has 0 bridgehead atoms. The molecule has 0 amide bonds. The molecule has 0 aliphatic rings. The maximum absolute atomic E-state index is 5.43. The maximum Gasteiger partial charge on any atom is 0.113 e. The van der Waals surface area contributed by atoms with E-state index in [4.69, 9.17) is 5.73 Å². The predicted molar refractivity (Wildman–Crippen MR) is 55.9 cm³/mol. The Morgan fingerprint density at radius 2 is 2.07 bits per heavy atom. The zero-order chi connectivity index (χ0) is 9.97. The highest BCUT2D eigenvalue weighted by Crippen LogP contribution is 2.10. The molecule has 0 atom stereocenters. The number of fused-ring (bicyclic) bond motifs is 1. The highest BCUT2D eigenvalue weighted by molar-refractivity contribution is 5.74. The number of hydrogen-bond donors (Lipinski definition) is 1. The van der Waals surface area contributed by atoms with E-state index in [-0.39, 0.29) is 0 Å². The second kappa shape index (κ2) is 3.75. The largest absolute Gasteiger partial charge is 0.330 e. The molecular formula is C10H14N4. The van der Waals surface area contributed by atoms with Crippen LogP contribution in [0, 0.1) is 6.92 Å². The molecule has 0 spiro atoms. The Balaban J connectivity index is 2.32. The number of rotatable bonds is 3. The van der Waals surface area contributed by atoms with Gasteiger partial charge in [0.1, 0.15) is 11.0 Å². The Morgan fingerprint density at radius 3 is 2.86 bits per heavy atom. The topological polar surface area (TPSA) is 56.7 Å². The van der Waals surface area contributed by atoms with Gasteiger partial charge in [0.2, 0.25) is 0 Å². The van der Waals surface area contributed by atoms with Crippen LogP contribution in [-0.4, -0.2) is 21.5 Å². The van der Waals surface area contributed by atoms with Crippen molar-refractivity contribution in [1.29, 1.82) is 0 Å². The predicted octanol–water partition coefficient (Wildman–Crippen LogP) is 1.09. The first-order chi connectivity index (χ1) is 6.79. The van der Waals surface area contributed by atoms with Gasteiger partial charge in [-0.3, -0.25) is 0 Å². The van der Waals surface area contributed by atoms with Crippen molar-refractivity contribution in [1.82, 2.24) is 15.0 Å². The molecule has 0 unspecified atom stereocenters. The van der Waals surface area contributed by atoms with Gasteiger partial charge in [-0.15, -0.1) is 0 Å². The Hall–Kier alpha value is -1.42. The van der Waals surface area contributed by atoms with Crippen molar-refractivity contribution >= 4 is 11.0 Å². The fraction of sp³-hybridized carbons (Fsp3) is 0.400. The molecule has 0 saturated heterocycles. The van der Waals surface area contributed by atoms with E-state index >= 15 is 0 Å². The summed E-state index contributed by atoms with van der Waals surface area (Å²) in [5.74, 6) is 0. The van der Waals surface area contributed by atoms with Crippen molar-refractivity contribution in [2.75, 3.05) is 6.54 Å². The second-order valence-electron chi connectivity index (χ2n) is 3.43. The molecule has 2 N–H and O–H groups in total. The fourth-order valence-electron chi connectivity index (χ4n) is 1.40. The van der Waals surface area contributed by atoms with Gasteiger partial charge in [-0.2, -0.15) is 15.0 Å². The first-order valence-corrected chi connectivity index (χ1v) is 4.81. The Morgan fingerprint density at radius 1 is 1.29 bits per heavy atom. The van der Waals surface area contributed by atoms with Crippen LogP contribution in [0.3, 0.4) is 0 Å². The standard InChI is InChI=1S/C10H14N4/c1-8-3-4-9-10(7-8)13-14(12-9)6-2-5-11/h3-4,7H,2,5-6,11H2,1H3. The van der Waals surface area contributed by atoms with E-state index in [2.05, 4.69) is 17.1 Å². The van der Waals surface area contributed by atoms with Crippen LogP contribution in [0.25, 0.3) is 11.0 Å². The summed E-state index contributed by atoms with van der Waals surface area (Å²) in [6, 6.07) is 6.09. The number of nitrogens with zero attached hydrogens (tertiary/aromatic N) is 3. The molecule has 2 aromatic rings. The number of benzene rings is 1. The van der Waals surface area contributed by atoms with Crippen molar-refractivity contribution in [2.24, 2.45) is 5.73 Å². The van der Waals surface area contributed by atoms with Crippen molar-refractivity contribution in [3.8, 4) is 0 Å². The third-order valence-electron chi connectivity index (χ3n) is 2.14. The van der Waals surface area contributed by atoms with Crippen LogP contribution in [0.5, 0.6) is 0 Å². The van der Waals surface area contributed by atoms with Crippen LogP contribution < -0.4 is 5.73 Å². The monoisotopic (exact) mass is 190 g/mol. The van der Waals surface area contributed by atoms with Crippen LogP contribution in [0.4, 0.5) is 0 Å². The summed E-state index contributed by atoms with van der Waals surface area (Å²) in [5.41, 5.74) is 8.55. The molecule has 4 nitrogen and oxygen atoms in total. The van der Waals surface area contributed by atoms with Crippen LogP contribution in [0.1, 0.15) is 12.0 Å². The second-order valence-corrected chi connectivity index (χ2v) is 3.43. The van der Waals surface area contributed by atoms with Gasteiger partial charge in [0.05, 0.1) is 6.54 Å². The van der Waals surface area contributed by atoms with E-state index < -0.39 is 0 Å². The molecule has 14 heavy (non-hydrogen) atoms. The SMILES string of the molecule is Cc1ccc2nn(CCCN)nc2c1. The van der Waals surface area contributed by atoms with E-state index in [1.54, 1.807) is 4.80 Å². The van der Waals surface area contributed by atoms with Gasteiger partial charge in [-0.05, 0) is 37.6 Å². The van der Waals surface area contributed by atoms with E-state index in [1.165, 1.54) is 5.56 Å². The van der Waals surface area contributed by atoms with E-state index in [9.17, 15) is 0 Å². The quantitative estimate of drug-likeness (QED) is 0.788. The van der Waals surface area contributed by atoms with E-state index in [0.29, 0.717) is 6.54 Å². The van der Waals surface area contributed by atoms with Crippen LogP contribution in [0.2, 0.25) is 0 Å². The Labute approximate surface area is 82.7 Å². The molecule has 0 aliphatic heterocycles. The molecule has 1 heterocycles. The number of aromatic nitrogens is 3. The lowest BCUT2D eigenvalue weighted by atomic mass is 10.2. The average Bonchev–Trinajstić information content (AvgIpc) is 2.56. The summed E-state index contributed by atoms with van der Waals surface area (Å²) in [4.78, 5) is 1.72. The van der Waals surface area contributed by atoms with Gasteiger partial charge in [0, 0.05) is 0 Å². The van der Waals surface area contributed by atoms with Crippen molar-refractivity contribution in [3.63, 3.8) is 0 Å².